The molecule has 0 heterocycles. The molecular formula is C24H42O3. The van der Waals surface area contributed by atoms with Crippen LogP contribution in [0.15, 0.2) is 24.3 Å². The molecule has 1 aromatic carbocycles. The molecule has 3 heteroatoms. The van der Waals surface area contributed by atoms with Crippen molar-refractivity contribution in [2.75, 3.05) is 19.8 Å². The van der Waals surface area contributed by atoms with Gasteiger partial charge in [0.25, 0.3) is 0 Å². The van der Waals surface area contributed by atoms with Crippen molar-refractivity contribution in [2.45, 2.75) is 97.7 Å². The quantitative estimate of drug-likeness (QED) is 0.287. The van der Waals surface area contributed by atoms with E-state index in [0.29, 0.717) is 13.2 Å². The zero-order valence-electron chi connectivity index (χ0n) is 18.2. The zero-order valence-corrected chi connectivity index (χ0v) is 18.2. The van der Waals surface area contributed by atoms with Crippen molar-refractivity contribution in [1.29, 1.82) is 0 Å². The smallest absolute Gasteiger partial charge is 0.119 e. The summed E-state index contributed by atoms with van der Waals surface area (Å²) in [6.45, 7) is 10.4. The first-order valence-electron chi connectivity index (χ1n) is 11.1. The van der Waals surface area contributed by atoms with E-state index in [2.05, 4.69) is 38.1 Å². The first kappa shape index (κ1) is 24.0. The van der Waals surface area contributed by atoms with Crippen LogP contribution >= 0.6 is 0 Å². The lowest BCUT2D eigenvalue weighted by molar-refractivity contribution is -0.0422. The molecule has 0 saturated carbocycles. The van der Waals surface area contributed by atoms with E-state index in [0.717, 1.165) is 18.8 Å². The molecule has 0 N–H and O–H groups in total. The molecule has 2 unspecified atom stereocenters. The van der Waals surface area contributed by atoms with E-state index < -0.39 is 0 Å². The molecule has 0 aliphatic heterocycles. The first-order valence-corrected chi connectivity index (χ1v) is 11.1. The molecule has 156 valence electrons. The van der Waals surface area contributed by atoms with Gasteiger partial charge in [-0.1, -0.05) is 64.5 Å². The summed E-state index contributed by atoms with van der Waals surface area (Å²) >= 11 is 0. The lowest BCUT2D eigenvalue weighted by Gasteiger charge is -2.18. The van der Waals surface area contributed by atoms with E-state index in [1.807, 2.05) is 13.8 Å². The molecular weight excluding hydrogens is 336 g/mol. The zero-order chi connectivity index (χ0) is 19.7. The summed E-state index contributed by atoms with van der Waals surface area (Å²) in [6.07, 6.45) is 11.9. The minimum atomic E-state index is 0.0602. The van der Waals surface area contributed by atoms with Crippen LogP contribution in [0.3, 0.4) is 0 Å². The van der Waals surface area contributed by atoms with Gasteiger partial charge in [0.1, 0.15) is 12.4 Å². The van der Waals surface area contributed by atoms with Gasteiger partial charge in [-0.05, 0) is 50.8 Å². The van der Waals surface area contributed by atoms with Crippen molar-refractivity contribution in [1.82, 2.24) is 0 Å². The molecule has 0 spiro atoms. The van der Waals surface area contributed by atoms with Crippen molar-refractivity contribution in [3.05, 3.63) is 29.8 Å². The van der Waals surface area contributed by atoms with Gasteiger partial charge in [0.2, 0.25) is 0 Å². The van der Waals surface area contributed by atoms with Crippen LogP contribution in [0.5, 0.6) is 5.75 Å². The molecule has 0 aromatic heterocycles. The Morgan fingerprint density at radius 3 is 2.00 bits per heavy atom. The van der Waals surface area contributed by atoms with Crippen LogP contribution in [-0.4, -0.2) is 32.0 Å². The normalized spacial score (nSPS) is 13.5. The number of ether oxygens (including phenoxy) is 3. The molecule has 3 nitrogen and oxygen atoms in total. The Labute approximate surface area is 167 Å². The summed E-state index contributed by atoms with van der Waals surface area (Å²) in [5, 5.41) is 0. The van der Waals surface area contributed by atoms with Gasteiger partial charge < -0.3 is 14.2 Å². The molecule has 0 bridgehead atoms. The third-order valence-corrected chi connectivity index (χ3v) is 4.70. The second-order valence-corrected chi connectivity index (χ2v) is 7.65. The number of aryl methyl sites for hydroxylation is 1. The minimum absolute atomic E-state index is 0.0602. The molecule has 27 heavy (non-hydrogen) atoms. The molecule has 1 aromatic rings. The lowest BCUT2D eigenvalue weighted by atomic mass is 10.0. The Bertz CT molecular complexity index is 443. The molecule has 1 rings (SSSR count). The molecule has 0 aliphatic carbocycles. The molecule has 0 radical (unpaired) electrons. The fourth-order valence-corrected chi connectivity index (χ4v) is 2.97. The maximum absolute atomic E-state index is 5.85. The summed E-state index contributed by atoms with van der Waals surface area (Å²) in [5.41, 5.74) is 1.40. The predicted octanol–water partition coefficient (Wildman–Crippen LogP) is 6.58. The third-order valence-electron chi connectivity index (χ3n) is 4.70. The number of benzene rings is 1. The predicted molar refractivity (Wildman–Crippen MR) is 115 cm³/mol. The van der Waals surface area contributed by atoms with Crippen molar-refractivity contribution in [3.8, 4) is 5.75 Å². The third kappa shape index (κ3) is 12.9. The summed E-state index contributed by atoms with van der Waals surface area (Å²) in [5.74, 6) is 0.920. The van der Waals surface area contributed by atoms with Gasteiger partial charge in [-0.2, -0.15) is 0 Å². The maximum Gasteiger partial charge on any atom is 0.119 e. The van der Waals surface area contributed by atoms with E-state index in [-0.39, 0.29) is 12.2 Å². The Balaban J connectivity index is 2.13. The fraction of sp³-hybridized carbons (Fsp3) is 0.750. The van der Waals surface area contributed by atoms with Crippen LogP contribution in [0.4, 0.5) is 0 Å². The van der Waals surface area contributed by atoms with Crippen LogP contribution < -0.4 is 4.74 Å². The molecule has 0 fully saturated rings. The second kappa shape index (κ2) is 15.9. The highest BCUT2D eigenvalue weighted by Gasteiger charge is 2.08. The van der Waals surface area contributed by atoms with Crippen molar-refractivity contribution >= 4 is 0 Å². The Morgan fingerprint density at radius 1 is 0.704 bits per heavy atom. The highest BCUT2D eigenvalue weighted by atomic mass is 16.6. The standard InChI is InChI=1S/C24H42O3/c1-5-7-8-9-10-11-12-13-23-14-16-24(17-15-23)27-20-22(4)26-19-21(3)25-18-6-2/h14-17,21-22H,5-13,18-20H2,1-4H3. The van der Waals surface area contributed by atoms with E-state index in [4.69, 9.17) is 14.2 Å². The number of unbranched alkanes of at least 4 members (excludes halogenated alkanes) is 6. The Morgan fingerprint density at radius 2 is 1.33 bits per heavy atom. The topological polar surface area (TPSA) is 27.7 Å². The molecule has 2 atom stereocenters. The van der Waals surface area contributed by atoms with Gasteiger partial charge >= 0.3 is 0 Å². The van der Waals surface area contributed by atoms with Crippen LogP contribution in [0, 0.1) is 0 Å². The summed E-state index contributed by atoms with van der Waals surface area (Å²) in [7, 11) is 0. The van der Waals surface area contributed by atoms with Crippen molar-refractivity contribution in [2.24, 2.45) is 0 Å². The van der Waals surface area contributed by atoms with E-state index in [1.165, 1.54) is 56.9 Å². The van der Waals surface area contributed by atoms with Crippen molar-refractivity contribution < 1.29 is 14.2 Å². The van der Waals surface area contributed by atoms with Crippen LogP contribution in [0.1, 0.15) is 84.6 Å². The average molecular weight is 379 g/mol. The monoisotopic (exact) mass is 378 g/mol. The maximum atomic E-state index is 5.85. The Hall–Kier alpha value is -1.06. The second-order valence-electron chi connectivity index (χ2n) is 7.65. The molecule has 0 amide bonds. The van der Waals surface area contributed by atoms with Crippen LogP contribution in [0.25, 0.3) is 0 Å². The molecule has 0 aliphatic rings. The fourth-order valence-electron chi connectivity index (χ4n) is 2.97. The lowest BCUT2D eigenvalue weighted by Crippen LogP contribution is -2.24. The molecule has 0 saturated heterocycles. The van der Waals surface area contributed by atoms with Gasteiger partial charge in [-0.25, -0.2) is 0 Å². The van der Waals surface area contributed by atoms with Crippen LogP contribution in [-0.2, 0) is 15.9 Å². The van der Waals surface area contributed by atoms with E-state index in [1.54, 1.807) is 0 Å². The number of hydrogen-bond donors (Lipinski definition) is 0. The largest absolute Gasteiger partial charge is 0.491 e. The SMILES string of the molecule is CCCCCCCCCc1ccc(OCC(C)OCC(C)OCCC)cc1. The summed E-state index contributed by atoms with van der Waals surface area (Å²) in [4.78, 5) is 0. The highest BCUT2D eigenvalue weighted by molar-refractivity contribution is 5.27. The van der Waals surface area contributed by atoms with E-state index >= 15 is 0 Å². The van der Waals surface area contributed by atoms with Crippen molar-refractivity contribution in [3.63, 3.8) is 0 Å². The van der Waals surface area contributed by atoms with Gasteiger partial charge in [0, 0.05) is 6.61 Å². The van der Waals surface area contributed by atoms with E-state index in [9.17, 15) is 0 Å². The van der Waals surface area contributed by atoms with Gasteiger partial charge in [0.15, 0.2) is 0 Å². The highest BCUT2D eigenvalue weighted by Crippen LogP contribution is 2.16. The number of hydrogen-bond acceptors (Lipinski definition) is 3. The summed E-state index contributed by atoms with van der Waals surface area (Å²) in [6, 6.07) is 8.55. The van der Waals surface area contributed by atoms with Crippen LogP contribution in [0.2, 0.25) is 0 Å². The number of rotatable bonds is 17. The van der Waals surface area contributed by atoms with Gasteiger partial charge in [-0.15, -0.1) is 0 Å². The Kier molecular flexibility index (Phi) is 14.2. The minimum Gasteiger partial charge on any atom is -0.491 e. The average Bonchev–Trinajstić information content (AvgIpc) is 2.69. The summed E-state index contributed by atoms with van der Waals surface area (Å²) < 4.78 is 17.3. The van der Waals surface area contributed by atoms with Gasteiger partial charge in [0.05, 0.1) is 18.8 Å². The van der Waals surface area contributed by atoms with Gasteiger partial charge in [-0.3, -0.25) is 0 Å². The first-order chi connectivity index (χ1) is 13.2.